The van der Waals surface area contributed by atoms with E-state index in [9.17, 15) is 9.18 Å². The summed E-state index contributed by atoms with van der Waals surface area (Å²) in [6.07, 6.45) is 0.300. The summed E-state index contributed by atoms with van der Waals surface area (Å²) in [6.45, 7) is 1.74. The van der Waals surface area contributed by atoms with Gasteiger partial charge in [-0.2, -0.15) is 0 Å². The molecular weight excluding hydrogens is 395 g/mol. The van der Waals surface area contributed by atoms with Gasteiger partial charge in [-0.15, -0.1) is 0 Å². The number of hydrogen-bond donors (Lipinski definition) is 0. The Bertz CT molecular complexity index is 1230. The fraction of sp³-hybridized carbons (Fsp3) is 0.115. The molecule has 0 spiro atoms. The zero-order valence-corrected chi connectivity index (χ0v) is 17.2. The number of carbonyl (C=O) groups excluding carboxylic acids is 1. The summed E-state index contributed by atoms with van der Waals surface area (Å²) < 4.78 is 30.7. The molecule has 4 aromatic carbocycles. The van der Waals surface area contributed by atoms with E-state index in [0.717, 1.165) is 22.1 Å². The SMILES string of the molecule is CCC(=O)Oc1ccc(Oc2c(-c3cccc(F)c3)ccc3cc(OC)ccc23)cc1. The van der Waals surface area contributed by atoms with Crippen LogP contribution in [0.2, 0.25) is 0 Å². The molecule has 0 heterocycles. The molecule has 0 bridgehead atoms. The number of methoxy groups -OCH3 is 1. The Morgan fingerprint density at radius 2 is 1.61 bits per heavy atom. The van der Waals surface area contributed by atoms with Crippen molar-refractivity contribution in [2.24, 2.45) is 0 Å². The molecule has 0 unspecified atom stereocenters. The number of esters is 1. The molecule has 0 radical (unpaired) electrons. The Kier molecular flexibility index (Phi) is 5.85. The lowest BCUT2D eigenvalue weighted by molar-refractivity contribution is -0.134. The summed E-state index contributed by atoms with van der Waals surface area (Å²) in [5.74, 6) is 1.73. The van der Waals surface area contributed by atoms with Crippen LogP contribution in [-0.2, 0) is 4.79 Å². The Morgan fingerprint density at radius 3 is 2.32 bits per heavy atom. The summed E-state index contributed by atoms with van der Waals surface area (Å²) in [6, 6.07) is 22.8. The molecule has 0 saturated carbocycles. The second kappa shape index (κ2) is 8.88. The van der Waals surface area contributed by atoms with Crippen LogP contribution >= 0.6 is 0 Å². The Hall–Kier alpha value is -3.86. The second-order valence-corrected chi connectivity index (χ2v) is 6.94. The fourth-order valence-electron chi connectivity index (χ4n) is 3.30. The summed E-state index contributed by atoms with van der Waals surface area (Å²) in [5, 5.41) is 1.80. The topological polar surface area (TPSA) is 44.8 Å². The van der Waals surface area contributed by atoms with Gasteiger partial charge in [0.1, 0.15) is 28.8 Å². The van der Waals surface area contributed by atoms with Crippen LogP contribution in [0.4, 0.5) is 4.39 Å². The van der Waals surface area contributed by atoms with E-state index >= 15 is 0 Å². The molecule has 0 aliphatic rings. The zero-order chi connectivity index (χ0) is 21.8. The third kappa shape index (κ3) is 4.51. The molecule has 5 heteroatoms. The van der Waals surface area contributed by atoms with Crippen LogP contribution < -0.4 is 14.2 Å². The van der Waals surface area contributed by atoms with E-state index < -0.39 is 0 Å². The second-order valence-electron chi connectivity index (χ2n) is 6.94. The van der Waals surface area contributed by atoms with E-state index in [4.69, 9.17) is 14.2 Å². The van der Waals surface area contributed by atoms with Gasteiger partial charge in [-0.1, -0.05) is 25.1 Å². The quantitative estimate of drug-likeness (QED) is 0.257. The number of hydrogen-bond acceptors (Lipinski definition) is 4. The molecule has 31 heavy (non-hydrogen) atoms. The molecule has 4 rings (SSSR count). The lowest BCUT2D eigenvalue weighted by atomic mass is 9.99. The van der Waals surface area contributed by atoms with Gasteiger partial charge in [0.05, 0.1) is 7.11 Å². The van der Waals surface area contributed by atoms with Crippen LogP contribution in [0.3, 0.4) is 0 Å². The minimum atomic E-state index is -0.319. The smallest absolute Gasteiger partial charge is 0.310 e. The average molecular weight is 416 g/mol. The first-order chi connectivity index (χ1) is 15.1. The predicted molar refractivity (Wildman–Crippen MR) is 118 cm³/mol. The van der Waals surface area contributed by atoms with E-state index in [-0.39, 0.29) is 11.8 Å². The maximum Gasteiger partial charge on any atom is 0.310 e. The van der Waals surface area contributed by atoms with E-state index in [1.54, 1.807) is 44.4 Å². The summed E-state index contributed by atoms with van der Waals surface area (Å²) in [5.41, 5.74) is 1.47. The van der Waals surface area contributed by atoms with Crippen molar-refractivity contribution in [3.63, 3.8) is 0 Å². The minimum Gasteiger partial charge on any atom is -0.497 e. The van der Waals surface area contributed by atoms with Gasteiger partial charge in [0, 0.05) is 17.4 Å². The molecule has 0 fully saturated rings. The van der Waals surface area contributed by atoms with Gasteiger partial charge in [-0.3, -0.25) is 4.79 Å². The molecular formula is C26H21FO4. The lowest BCUT2D eigenvalue weighted by Gasteiger charge is -2.16. The first kappa shape index (κ1) is 20.4. The maximum absolute atomic E-state index is 13.9. The van der Waals surface area contributed by atoms with Crippen molar-refractivity contribution >= 4 is 16.7 Å². The highest BCUT2D eigenvalue weighted by Crippen LogP contribution is 2.41. The Morgan fingerprint density at radius 1 is 0.871 bits per heavy atom. The van der Waals surface area contributed by atoms with Crippen molar-refractivity contribution in [2.45, 2.75) is 13.3 Å². The zero-order valence-electron chi connectivity index (χ0n) is 17.2. The predicted octanol–water partition coefficient (Wildman–Crippen LogP) is 6.76. The third-order valence-corrected chi connectivity index (χ3v) is 4.88. The molecule has 0 atom stereocenters. The highest BCUT2D eigenvalue weighted by atomic mass is 19.1. The number of ether oxygens (including phenoxy) is 3. The van der Waals surface area contributed by atoms with E-state index in [1.807, 2.05) is 36.4 Å². The molecule has 0 amide bonds. The molecule has 4 nitrogen and oxygen atoms in total. The Balaban J connectivity index is 1.78. The highest BCUT2D eigenvalue weighted by molar-refractivity contribution is 5.96. The molecule has 0 aliphatic heterocycles. The normalized spacial score (nSPS) is 10.7. The largest absolute Gasteiger partial charge is 0.497 e. The summed E-state index contributed by atoms with van der Waals surface area (Å²) >= 11 is 0. The van der Waals surface area contributed by atoms with Gasteiger partial charge in [0.2, 0.25) is 0 Å². The van der Waals surface area contributed by atoms with Crippen LogP contribution in [0.5, 0.6) is 23.0 Å². The molecule has 156 valence electrons. The van der Waals surface area contributed by atoms with Gasteiger partial charge in [0.15, 0.2) is 0 Å². The fourth-order valence-corrected chi connectivity index (χ4v) is 3.30. The van der Waals surface area contributed by atoms with Crippen molar-refractivity contribution < 1.29 is 23.4 Å². The van der Waals surface area contributed by atoms with Gasteiger partial charge in [-0.25, -0.2) is 4.39 Å². The van der Waals surface area contributed by atoms with Crippen LogP contribution in [-0.4, -0.2) is 13.1 Å². The van der Waals surface area contributed by atoms with Gasteiger partial charge in [-0.05, 0) is 71.6 Å². The number of carbonyl (C=O) groups is 1. The van der Waals surface area contributed by atoms with Crippen LogP contribution in [0, 0.1) is 5.82 Å². The van der Waals surface area contributed by atoms with Crippen molar-refractivity contribution in [2.75, 3.05) is 7.11 Å². The van der Waals surface area contributed by atoms with E-state index in [2.05, 4.69) is 0 Å². The number of rotatable bonds is 6. The van der Waals surface area contributed by atoms with E-state index in [1.165, 1.54) is 12.1 Å². The third-order valence-electron chi connectivity index (χ3n) is 4.88. The first-order valence-electron chi connectivity index (χ1n) is 9.92. The first-order valence-corrected chi connectivity index (χ1v) is 9.92. The average Bonchev–Trinajstić information content (AvgIpc) is 2.80. The molecule has 4 aromatic rings. The highest BCUT2D eigenvalue weighted by Gasteiger charge is 2.14. The number of fused-ring (bicyclic) bond motifs is 1. The van der Waals surface area contributed by atoms with Crippen molar-refractivity contribution in [3.05, 3.63) is 84.7 Å². The van der Waals surface area contributed by atoms with Crippen LogP contribution in [0.25, 0.3) is 21.9 Å². The standard InChI is InChI=1S/C26H21FO4/c1-3-25(28)30-20-8-10-21(11-9-20)31-26-23(17-5-4-6-19(27)15-17)13-7-18-16-22(29-2)12-14-24(18)26/h4-16H,3H2,1-2H3. The minimum absolute atomic E-state index is 0.300. The van der Waals surface area contributed by atoms with Gasteiger partial charge >= 0.3 is 5.97 Å². The maximum atomic E-state index is 13.9. The number of halogens is 1. The van der Waals surface area contributed by atoms with Crippen LogP contribution in [0.15, 0.2) is 78.9 Å². The molecule has 0 saturated heterocycles. The van der Waals surface area contributed by atoms with Gasteiger partial charge in [0.25, 0.3) is 0 Å². The number of benzene rings is 4. The molecule has 0 aliphatic carbocycles. The van der Waals surface area contributed by atoms with E-state index in [0.29, 0.717) is 29.2 Å². The van der Waals surface area contributed by atoms with Crippen molar-refractivity contribution in [3.8, 4) is 34.1 Å². The summed E-state index contributed by atoms with van der Waals surface area (Å²) in [7, 11) is 1.62. The van der Waals surface area contributed by atoms with Crippen molar-refractivity contribution in [1.82, 2.24) is 0 Å². The monoisotopic (exact) mass is 416 g/mol. The van der Waals surface area contributed by atoms with Crippen molar-refractivity contribution in [1.29, 1.82) is 0 Å². The van der Waals surface area contributed by atoms with Crippen LogP contribution in [0.1, 0.15) is 13.3 Å². The molecule has 0 aromatic heterocycles. The van der Waals surface area contributed by atoms with Gasteiger partial charge < -0.3 is 14.2 Å². The summed E-state index contributed by atoms with van der Waals surface area (Å²) in [4.78, 5) is 11.5. The lowest BCUT2D eigenvalue weighted by Crippen LogP contribution is -2.05. The Labute approximate surface area is 179 Å². The molecule has 0 N–H and O–H groups in total.